The van der Waals surface area contributed by atoms with Gasteiger partial charge in [-0.1, -0.05) is 13.8 Å². The summed E-state index contributed by atoms with van der Waals surface area (Å²) in [7, 11) is 2.36. The van der Waals surface area contributed by atoms with Crippen LogP contribution in [0.25, 0.3) is 0 Å². The second-order valence-corrected chi connectivity index (χ2v) is 4.39. The summed E-state index contributed by atoms with van der Waals surface area (Å²) in [6.45, 7) is 4.54. The van der Waals surface area contributed by atoms with Gasteiger partial charge in [-0.05, 0) is 13.3 Å². The first-order valence-corrected chi connectivity index (χ1v) is 5.65. The quantitative estimate of drug-likeness (QED) is 0.719. The summed E-state index contributed by atoms with van der Waals surface area (Å²) < 4.78 is 9.18. The Morgan fingerprint density at radius 2 is 1.61 bits per heavy atom. The molecule has 0 aliphatic rings. The predicted octanol–water partition coefficient (Wildman–Crippen LogP) is 1.09. The van der Waals surface area contributed by atoms with Gasteiger partial charge < -0.3 is 14.6 Å². The summed E-state index contributed by atoms with van der Waals surface area (Å²) in [5.41, 5.74) is -1.37. The summed E-state index contributed by atoms with van der Waals surface area (Å²) >= 11 is 0. The molecule has 6 heteroatoms. The van der Waals surface area contributed by atoms with Gasteiger partial charge in [0.2, 0.25) is 0 Å². The van der Waals surface area contributed by atoms with Crippen LogP contribution in [0.4, 0.5) is 0 Å². The van der Waals surface area contributed by atoms with Crippen LogP contribution < -0.4 is 0 Å². The fourth-order valence-corrected chi connectivity index (χ4v) is 1.97. The molecule has 0 bridgehead atoms. The van der Waals surface area contributed by atoms with Gasteiger partial charge in [0.05, 0.1) is 31.5 Å². The van der Waals surface area contributed by atoms with E-state index in [1.165, 1.54) is 21.0 Å². The van der Waals surface area contributed by atoms with Crippen molar-refractivity contribution in [2.45, 2.75) is 27.2 Å². The van der Waals surface area contributed by atoms with Crippen LogP contribution in [0.3, 0.4) is 0 Å². The van der Waals surface area contributed by atoms with Crippen LogP contribution in [0.2, 0.25) is 0 Å². The summed E-state index contributed by atoms with van der Waals surface area (Å²) in [5.74, 6) is -4.47. The average molecular weight is 260 g/mol. The Kier molecular flexibility index (Phi) is 5.81. The zero-order valence-electron chi connectivity index (χ0n) is 11.4. The van der Waals surface area contributed by atoms with Gasteiger partial charge in [0.1, 0.15) is 0 Å². The molecule has 0 aromatic rings. The molecule has 0 heterocycles. The maximum absolute atomic E-state index is 11.8. The molecule has 0 radical (unpaired) electrons. The van der Waals surface area contributed by atoms with Crippen LogP contribution in [0, 0.1) is 17.3 Å². The molecule has 0 aliphatic carbocycles. The second kappa shape index (κ2) is 6.37. The normalized spacial score (nSPS) is 17.2. The van der Waals surface area contributed by atoms with Crippen LogP contribution in [-0.2, 0) is 23.9 Å². The van der Waals surface area contributed by atoms with E-state index in [9.17, 15) is 19.5 Å². The SMILES string of the molecule is CCC(C)(C(=O)O)C(C(=O)OC)C(C)C(=O)OC. The molecule has 1 N–H and O–H groups in total. The number of carbonyl (C=O) groups excluding carboxylic acids is 2. The minimum atomic E-state index is -1.37. The number of rotatable bonds is 6. The van der Waals surface area contributed by atoms with E-state index < -0.39 is 35.2 Å². The van der Waals surface area contributed by atoms with Crippen molar-refractivity contribution in [2.75, 3.05) is 14.2 Å². The third-order valence-electron chi connectivity index (χ3n) is 3.44. The average Bonchev–Trinajstić information content (AvgIpc) is 2.36. The maximum atomic E-state index is 11.8. The standard InChI is InChI=1S/C12H20O6/c1-6-12(3,11(15)16)8(10(14)18-5)7(2)9(13)17-4/h7-8H,6H2,1-5H3,(H,15,16). The molecule has 0 aromatic carbocycles. The van der Waals surface area contributed by atoms with Gasteiger partial charge in [0, 0.05) is 0 Å². The number of hydrogen-bond donors (Lipinski definition) is 1. The highest BCUT2D eigenvalue weighted by molar-refractivity contribution is 5.88. The van der Waals surface area contributed by atoms with Gasteiger partial charge in [-0.3, -0.25) is 14.4 Å². The number of esters is 2. The lowest BCUT2D eigenvalue weighted by Gasteiger charge is -2.33. The number of carboxylic acids is 1. The molecular weight excluding hydrogens is 240 g/mol. The van der Waals surface area contributed by atoms with E-state index in [-0.39, 0.29) is 6.42 Å². The Balaban J connectivity index is 5.55. The lowest BCUT2D eigenvalue weighted by atomic mass is 9.69. The number of hydrogen-bond acceptors (Lipinski definition) is 5. The van der Waals surface area contributed by atoms with Crippen LogP contribution in [-0.4, -0.2) is 37.2 Å². The van der Waals surface area contributed by atoms with E-state index in [4.69, 9.17) is 0 Å². The highest BCUT2D eigenvalue weighted by Crippen LogP contribution is 2.38. The number of methoxy groups -OCH3 is 2. The lowest BCUT2D eigenvalue weighted by molar-refractivity contribution is -0.171. The van der Waals surface area contributed by atoms with Crippen molar-refractivity contribution < 1.29 is 29.0 Å². The number of carboxylic acid groups (broad SMARTS) is 1. The van der Waals surface area contributed by atoms with Crippen LogP contribution in [0.15, 0.2) is 0 Å². The molecule has 0 amide bonds. The molecular formula is C12H20O6. The van der Waals surface area contributed by atoms with Crippen molar-refractivity contribution in [2.24, 2.45) is 17.3 Å². The van der Waals surface area contributed by atoms with Crippen LogP contribution in [0.5, 0.6) is 0 Å². The van der Waals surface area contributed by atoms with E-state index in [1.54, 1.807) is 6.92 Å². The molecule has 0 aromatic heterocycles. The van der Waals surface area contributed by atoms with Crippen molar-refractivity contribution in [1.82, 2.24) is 0 Å². The van der Waals surface area contributed by atoms with Crippen molar-refractivity contribution in [3.8, 4) is 0 Å². The largest absolute Gasteiger partial charge is 0.481 e. The topological polar surface area (TPSA) is 89.9 Å². The minimum Gasteiger partial charge on any atom is -0.481 e. The predicted molar refractivity (Wildman–Crippen MR) is 62.7 cm³/mol. The Bertz CT molecular complexity index is 337. The maximum Gasteiger partial charge on any atom is 0.310 e. The molecule has 0 rings (SSSR count). The van der Waals surface area contributed by atoms with Crippen LogP contribution in [0.1, 0.15) is 27.2 Å². The smallest absolute Gasteiger partial charge is 0.310 e. The van der Waals surface area contributed by atoms with Crippen molar-refractivity contribution in [1.29, 1.82) is 0 Å². The van der Waals surface area contributed by atoms with Gasteiger partial charge in [-0.15, -0.1) is 0 Å². The fourth-order valence-electron chi connectivity index (χ4n) is 1.97. The molecule has 6 nitrogen and oxygen atoms in total. The second-order valence-electron chi connectivity index (χ2n) is 4.39. The molecule has 18 heavy (non-hydrogen) atoms. The van der Waals surface area contributed by atoms with Gasteiger partial charge in [-0.2, -0.15) is 0 Å². The summed E-state index contributed by atoms with van der Waals surface area (Å²) in [5, 5.41) is 9.29. The zero-order chi connectivity index (χ0) is 14.5. The molecule has 0 aliphatic heterocycles. The van der Waals surface area contributed by atoms with E-state index in [1.807, 2.05) is 0 Å². The van der Waals surface area contributed by atoms with Crippen molar-refractivity contribution >= 4 is 17.9 Å². The van der Waals surface area contributed by atoms with E-state index in [0.717, 1.165) is 7.11 Å². The van der Waals surface area contributed by atoms with E-state index in [2.05, 4.69) is 9.47 Å². The zero-order valence-corrected chi connectivity index (χ0v) is 11.4. The van der Waals surface area contributed by atoms with Gasteiger partial charge in [0.15, 0.2) is 0 Å². The molecule has 3 atom stereocenters. The molecule has 3 unspecified atom stereocenters. The molecule has 0 spiro atoms. The summed E-state index contributed by atoms with van der Waals surface area (Å²) in [6.07, 6.45) is 0.198. The number of aliphatic carboxylic acids is 1. The van der Waals surface area contributed by atoms with Crippen LogP contribution >= 0.6 is 0 Å². The summed E-state index contributed by atoms with van der Waals surface area (Å²) in [4.78, 5) is 34.7. The number of carbonyl (C=O) groups is 3. The highest BCUT2D eigenvalue weighted by Gasteiger charge is 2.50. The molecule has 0 saturated heterocycles. The molecule has 104 valence electrons. The third kappa shape index (κ3) is 3.00. The first kappa shape index (κ1) is 16.4. The first-order chi connectivity index (χ1) is 8.26. The Morgan fingerprint density at radius 1 is 1.17 bits per heavy atom. The summed E-state index contributed by atoms with van der Waals surface area (Å²) in [6, 6.07) is 0. The van der Waals surface area contributed by atoms with E-state index in [0.29, 0.717) is 0 Å². The third-order valence-corrected chi connectivity index (χ3v) is 3.44. The Hall–Kier alpha value is -1.59. The van der Waals surface area contributed by atoms with Crippen molar-refractivity contribution in [3.63, 3.8) is 0 Å². The van der Waals surface area contributed by atoms with Gasteiger partial charge in [-0.25, -0.2) is 0 Å². The monoisotopic (exact) mass is 260 g/mol. The van der Waals surface area contributed by atoms with E-state index >= 15 is 0 Å². The van der Waals surface area contributed by atoms with Gasteiger partial charge in [0.25, 0.3) is 0 Å². The van der Waals surface area contributed by atoms with Crippen molar-refractivity contribution in [3.05, 3.63) is 0 Å². The lowest BCUT2D eigenvalue weighted by Crippen LogP contribution is -2.46. The number of ether oxygens (including phenoxy) is 2. The molecule has 0 fully saturated rings. The first-order valence-electron chi connectivity index (χ1n) is 5.65. The minimum absolute atomic E-state index is 0.198. The highest BCUT2D eigenvalue weighted by atomic mass is 16.5. The molecule has 0 saturated carbocycles. The Morgan fingerprint density at radius 3 is 1.89 bits per heavy atom. The fraction of sp³-hybridized carbons (Fsp3) is 0.750. The van der Waals surface area contributed by atoms with Gasteiger partial charge >= 0.3 is 17.9 Å². The Labute approximate surface area is 106 Å².